The van der Waals surface area contributed by atoms with Gasteiger partial charge in [-0.05, 0) is 68.1 Å². The lowest BCUT2D eigenvalue weighted by Crippen LogP contribution is -2.56. The molecule has 1 atom stereocenters. The Balaban J connectivity index is 1.16. The normalized spacial score (nSPS) is 20.9. The minimum atomic E-state index is -0.257. The lowest BCUT2D eigenvalue weighted by atomic mass is 10.1. The van der Waals surface area contributed by atoms with Gasteiger partial charge in [-0.3, -0.25) is 4.90 Å². The van der Waals surface area contributed by atoms with Crippen LogP contribution in [0.2, 0.25) is 0 Å². The maximum Gasteiger partial charge on any atom is 0.246 e. The Morgan fingerprint density at radius 1 is 0.973 bits per heavy atom. The maximum atomic E-state index is 14.6. The van der Waals surface area contributed by atoms with Crippen molar-refractivity contribution < 1.29 is 9.13 Å². The second kappa shape index (κ2) is 10.3. The zero-order chi connectivity index (χ0) is 25.4. The van der Waals surface area contributed by atoms with Crippen molar-refractivity contribution in [1.82, 2.24) is 19.7 Å². The summed E-state index contributed by atoms with van der Waals surface area (Å²) in [5.74, 6) is 0.234. The highest BCUT2D eigenvalue weighted by Gasteiger charge is 2.29. The summed E-state index contributed by atoms with van der Waals surface area (Å²) >= 11 is 0. The van der Waals surface area contributed by atoms with Crippen LogP contribution < -0.4 is 15.1 Å². The number of hydrogen-bond acceptors (Lipinski definition) is 7. The number of halogens is 1. The molecule has 1 N–H and O–H groups in total. The highest BCUT2D eigenvalue weighted by atomic mass is 19.1. The zero-order valence-electron chi connectivity index (χ0n) is 21.7. The van der Waals surface area contributed by atoms with Gasteiger partial charge in [-0.25, -0.2) is 9.07 Å². The van der Waals surface area contributed by atoms with Crippen molar-refractivity contribution in [2.75, 3.05) is 61.1 Å². The van der Waals surface area contributed by atoms with Gasteiger partial charge in [-0.2, -0.15) is 4.98 Å². The number of aromatic nitrogens is 3. The van der Waals surface area contributed by atoms with Crippen LogP contribution in [0.5, 0.6) is 0 Å². The van der Waals surface area contributed by atoms with E-state index < -0.39 is 0 Å². The molecule has 0 aliphatic carbocycles. The summed E-state index contributed by atoms with van der Waals surface area (Å²) in [6.45, 7) is 11.1. The topological polar surface area (TPSA) is 61.7 Å². The number of rotatable bonds is 7. The summed E-state index contributed by atoms with van der Waals surface area (Å²) in [6.07, 6.45) is 5.00. The van der Waals surface area contributed by atoms with E-state index >= 15 is 0 Å². The largest absolute Gasteiger partial charge is 0.378 e. The van der Waals surface area contributed by atoms with E-state index in [1.54, 1.807) is 17.1 Å². The van der Waals surface area contributed by atoms with Crippen LogP contribution in [0, 0.1) is 12.7 Å². The third-order valence-electron chi connectivity index (χ3n) is 7.94. The van der Waals surface area contributed by atoms with Crippen molar-refractivity contribution in [3.63, 3.8) is 0 Å². The zero-order valence-corrected chi connectivity index (χ0v) is 21.7. The summed E-state index contributed by atoms with van der Waals surface area (Å²) in [7, 11) is 0. The summed E-state index contributed by atoms with van der Waals surface area (Å²) in [4.78, 5) is 11.8. The van der Waals surface area contributed by atoms with Crippen LogP contribution in [0.1, 0.15) is 31.7 Å². The number of nitrogens with zero attached hydrogens (tertiary/aromatic N) is 6. The van der Waals surface area contributed by atoms with Crippen molar-refractivity contribution in [1.29, 1.82) is 0 Å². The molecule has 196 valence electrons. The Hall–Kier alpha value is -3.17. The van der Waals surface area contributed by atoms with E-state index in [1.807, 2.05) is 6.07 Å². The SMILES string of the molecule is CCC1CCCN1c1cc(F)cc(-n2cnc(Nc3cc(C)cc(N4CCN(C5COC5)CC4)c3)n2)c1. The molecule has 3 aromatic rings. The highest BCUT2D eigenvalue weighted by molar-refractivity contribution is 5.64. The summed E-state index contributed by atoms with van der Waals surface area (Å²) < 4.78 is 21.6. The minimum absolute atomic E-state index is 0.257. The number of piperazine rings is 1. The van der Waals surface area contributed by atoms with Crippen LogP contribution in [0.25, 0.3) is 5.69 Å². The van der Waals surface area contributed by atoms with Crippen molar-refractivity contribution in [2.24, 2.45) is 0 Å². The molecule has 0 amide bonds. The Kier molecular flexibility index (Phi) is 6.73. The molecule has 3 aliphatic heterocycles. The fourth-order valence-corrected chi connectivity index (χ4v) is 5.83. The molecule has 2 aromatic carbocycles. The number of benzene rings is 2. The van der Waals surface area contributed by atoms with Gasteiger partial charge in [0.05, 0.1) is 24.9 Å². The first-order chi connectivity index (χ1) is 18.1. The minimum Gasteiger partial charge on any atom is -0.378 e. The van der Waals surface area contributed by atoms with Gasteiger partial charge in [0.25, 0.3) is 0 Å². The first-order valence-corrected chi connectivity index (χ1v) is 13.5. The van der Waals surface area contributed by atoms with Crippen LogP contribution in [0.4, 0.5) is 27.4 Å². The van der Waals surface area contributed by atoms with Crippen molar-refractivity contribution in [3.8, 4) is 5.69 Å². The Morgan fingerprint density at radius 3 is 2.54 bits per heavy atom. The van der Waals surface area contributed by atoms with E-state index in [4.69, 9.17) is 4.74 Å². The second-order valence-corrected chi connectivity index (χ2v) is 10.5. The molecule has 1 unspecified atom stereocenters. The summed E-state index contributed by atoms with van der Waals surface area (Å²) in [5, 5.41) is 7.98. The molecule has 3 aliphatic rings. The van der Waals surface area contributed by atoms with E-state index in [0.29, 0.717) is 23.7 Å². The molecular weight excluding hydrogens is 469 g/mol. The van der Waals surface area contributed by atoms with Gasteiger partial charge in [0, 0.05) is 55.8 Å². The maximum absolute atomic E-state index is 14.6. The molecule has 6 rings (SSSR count). The molecule has 8 nitrogen and oxygen atoms in total. The molecule has 0 saturated carbocycles. The van der Waals surface area contributed by atoms with E-state index in [0.717, 1.165) is 76.6 Å². The number of ether oxygens (including phenoxy) is 1. The van der Waals surface area contributed by atoms with Gasteiger partial charge >= 0.3 is 0 Å². The highest BCUT2D eigenvalue weighted by Crippen LogP contribution is 2.30. The van der Waals surface area contributed by atoms with Gasteiger partial charge in [0.15, 0.2) is 0 Å². The van der Waals surface area contributed by atoms with Gasteiger partial charge in [0.2, 0.25) is 5.95 Å². The smallest absolute Gasteiger partial charge is 0.246 e. The molecule has 37 heavy (non-hydrogen) atoms. The number of anilines is 4. The Labute approximate surface area is 218 Å². The second-order valence-electron chi connectivity index (χ2n) is 10.5. The van der Waals surface area contributed by atoms with E-state index in [1.165, 1.54) is 17.3 Å². The van der Waals surface area contributed by atoms with Crippen LogP contribution in [-0.4, -0.2) is 77.7 Å². The van der Waals surface area contributed by atoms with E-state index in [-0.39, 0.29) is 5.82 Å². The lowest BCUT2D eigenvalue weighted by Gasteiger charge is -2.43. The molecule has 0 radical (unpaired) electrons. The fourth-order valence-electron chi connectivity index (χ4n) is 5.83. The average molecular weight is 506 g/mol. The molecule has 3 fully saturated rings. The first kappa shape index (κ1) is 24.2. The standard InChI is InChI=1S/C28H36FN7O/c1-3-23-5-4-6-35(23)25-13-21(29)14-26(16-25)36-19-30-28(32-36)31-22-11-20(2)12-24(15-22)33-7-9-34(10-8-33)27-17-37-18-27/h11-16,19,23,27H,3-10,17-18H2,1-2H3,(H,31,32). The van der Waals surface area contributed by atoms with Crippen molar-refractivity contribution in [3.05, 3.63) is 54.1 Å². The third-order valence-corrected chi connectivity index (χ3v) is 7.94. The average Bonchev–Trinajstić information content (AvgIpc) is 3.52. The van der Waals surface area contributed by atoms with Crippen LogP contribution in [0.3, 0.4) is 0 Å². The predicted molar refractivity (Wildman–Crippen MR) is 145 cm³/mol. The molecule has 4 heterocycles. The quantitative estimate of drug-likeness (QED) is 0.512. The molecular formula is C28H36FN7O. The molecule has 9 heteroatoms. The summed E-state index contributed by atoms with van der Waals surface area (Å²) in [5.41, 5.74) is 4.93. The lowest BCUT2D eigenvalue weighted by molar-refractivity contribution is -0.0660. The molecule has 0 spiro atoms. The predicted octanol–water partition coefficient (Wildman–Crippen LogP) is 4.36. The van der Waals surface area contributed by atoms with Crippen LogP contribution >= 0.6 is 0 Å². The number of aryl methyl sites for hydroxylation is 1. The third kappa shape index (κ3) is 5.15. The van der Waals surface area contributed by atoms with Crippen molar-refractivity contribution >= 4 is 23.0 Å². The Bertz CT molecular complexity index is 1240. The number of hydrogen-bond donors (Lipinski definition) is 1. The van der Waals surface area contributed by atoms with Crippen LogP contribution in [0.15, 0.2) is 42.7 Å². The van der Waals surface area contributed by atoms with Gasteiger partial charge in [0.1, 0.15) is 12.1 Å². The number of nitrogens with one attached hydrogen (secondary N) is 1. The van der Waals surface area contributed by atoms with Crippen molar-refractivity contribution in [2.45, 2.75) is 45.2 Å². The van der Waals surface area contributed by atoms with Crippen LogP contribution in [-0.2, 0) is 4.74 Å². The van der Waals surface area contributed by atoms with E-state index in [9.17, 15) is 4.39 Å². The first-order valence-electron chi connectivity index (χ1n) is 13.5. The molecule has 3 saturated heterocycles. The summed E-state index contributed by atoms with van der Waals surface area (Å²) in [6, 6.07) is 12.7. The Morgan fingerprint density at radius 2 is 1.78 bits per heavy atom. The molecule has 0 bridgehead atoms. The monoisotopic (exact) mass is 505 g/mol. The van der Waals surface area contributed by atoms with E-state index in [2.05, 4.69) is 62.1 Å². The van der Waals surface area contributed by atoms with Gasteiger partial charge < -0.3 is 19.9 Å². The van der Waals surface area contributed by atoms with Gasteiger partial charge in [-0.1, -0.05) is 6.92 Å². The molecule has 1 aromatic heterocycles. The van der Waals surface area contributed by atoms with Gasteiger partial charge in [-0.15, -0.1) is 5.10 Å². The fraction of sp³-hybridized carbons (Fsp3) is 0.500.